The minimum absolute atomic E-state index is 0.0185. The highest BCUT2D eigenvalue weighted by molar-refractivity contribution is 7.90. The van der Waals surface area contributed by atoms with Crippen LogP contribution in [0.25, 0.3) is 0 Å². The SMILES string of the molecule is Cc1ccc(C2CCCCC2)c(OC2(C(=O)NS(=O)(=O)c3cccc(N4CCC(C)(N)CC4)n3)CC2)c1.Cc1ccc(C2CCCCC2)c(OC2(C(=O)NS(=O)(=O)c3cccc(N4CCC(C)(NC(=O)C5CC5)CC4)n3)CC2)c1.O=C(O)C1CC1. The number of hydrogen-bond acceptors (Lipinski definition) is 15. The first-order valence-corrected chi connectivity index (χ1v) is 33.9. The Kier molecular flexibility index (Phi) is 18.3. The number of benzene rings is 2. The Bertz CT molecular complexity index is 3330. The molecule has 6 aliphatic carbocycles. The molecule has 3 amide bonds. The van der Waals surface area contributed by atoms with Crippen LogP contribution in [-0.4, -0.2) is 104 Å². The van der Waals surface area contributed by atoms with Crippen LogP contribution in [0.15, 0.2) is 82.8 Å². The number of nitrogens with two attached hydrogens (primary N) is 1. The second kappa shape index (κ2) is 25.2. The maximum atomic E-state index is 13.4. The number of pyridine rings is 2. The number of nitrogens with one attached hydrogen (secondary N) is 3. The fourth-order valence-electron chi connectivity index (χ4n) is 12.0. The van der Waals surface area contributed by atoms with E-state index in [1.807, 2.05) is 42.7 Å². The third-order valence-electron chi connectivity index (χ3n) is 18.4. The van der Waals surface area contributed by atoms with Gasteiger partial charge in [-0.15, -0.1) is 0 Å². The van der Waals surface area contributed by atoms with E-state index in [1.165, 1.54) is 50.7 Å². The summed E-state index contributed by atoms with van der Waals surface area (Å²) < 4.78 is 70.3. The molecule has 8 aliphatic rings. The lowest BCUT2D eigenvalue weighted by molar-refractivity contribution is -0.138. The summed E-state index contributed by atoms with van der Waals surface area (Å²) in [5, 5.41) is 10.9. The zero-order valence-corrected chi connectivity index (χ0v) is 51.5. The van der Waals surface area contributed by atoms with Crippen LogP contribution in [0.1, 0.15) is 189 Å². The fraction of sp³-hybridized carbons (Fsp3) is 0.594. The van der Waals surface area contributed by atoms with Gasteiger partial charge in [0.05, 0.1) is 5.92 Å². The number of carbonyl (C=O) groups excluding carboxylic acids is 3. The average Bonchev–Trinajstić information content (AvgIpc) is 2.89. The van der Waals surface area contributed by atoms with Crippen molar-refractivity contribution in [2.24, 2.45) is 17.6 Å². The second-order valence-electron chi connectivity index (χ2n) is 26.0. The van der Waals surface area contributed by atoms with E-state index in [0.717, 1.165) is 99.3 Å². The molecule has 4 aromatic rings. The van der Waals surface area contributed by atoms with Crippen molar-refractivity contribution in [2.45, 2.75) is 213 Å². The molecule has 0 radical (unpaired) electrons. The smallest absolute Gasteiger partial charge is 0.306 e. The molecule has 12 rings (SSSR count). The van der Waals surface area contributed by atoms with Crippen molar-refractivity contribution >= 4 is 55.4 Å². The fourth-order valence-corrected chi connectivity index (χ4v) is 14.0. The molecule has 460 valence electrons. The minimum Gasteiger partial charge on any atom is -0.481 e. The van der Waals surface area contributed by atoms with Crippen molar-refractivity contribution < 1.29 is 50.6 Å². The quantitative estimate of drug-likeness (QED) is 0.0659. The van der Waals surface area contributed by atoms with Crippen molar-refractivity contribution in [3.05, 3.63) is 95.1 Å². The number of carboxylic acids is 1. The summed E-state index contributed by atoms with van der Waals surface area (Å²) in [7, 11) is -8.37. The van der Waals surface area contributed by atoms with E-state index in [4.69, 9.17) is 20.3 Å². The number of hydrogen-bond donors (Lipinski definition) is 5. The van der Waals surface area contributed by atoms with Crippen LogP contribution < -0.4 is 39.8 Å². The second-order valence-corrected chi connectivity index (χ2v) is 29.3. The first-order valence-electron chi connectivity index (χ1n) is 30.9. The molecule has 0 atom stereocenters. The number of aromatic nitrogens is 2. The average molecular weight is 1210 g/mol. The lowest BCUT2D eigenvalue weighted by Gasteiger charge is -2.40. The van der Waals surface area contributed by atoms with Crippen LogP contribution in [0.5, 0.6) is 11.5 Å². The van der Waals surface area contributed by atoms with Gasteiger partial charge in [0.2, 0.25) is 5.91 Å². The Balaban J connectivity index is 0.000000173. The van der Waals surface area contributed by atoms with Crippen molar-refractivity contribution in [1.82, 2.24) is 24.7 Å². The number of rotatable bonds is 17. The molecule has 2 saturated heterocycles. The predicted octanol–water partition coefficient (Wildman–Crippen LogP) is 9.39. The number of amides is 3. The maximum absolute atomic E-state index is 13.4. The largest absolute Gasteiger partial charge is 0.481 e. The third-order valence-corrected chi connectivity index (χ3v) is 20.9. The molecule has 19 nitrogen and oxygen atoms in total. The predicted molar refractivity (Wildman–Crippen MR) is 323 cm³/mol. The lowest BCUT2D eigenvalue weighted by atomic mass is 9.83. The van der Waals surface area contributed by atoms with Gasteiger partial charge in [0.15, 0.2) is 21.3 Å². The van der Waals surface area contributed by atoms with E-state index in [9.17, 15) is 36.0 Å². The van der Waals surface area contributed by atoms with Gasteiger partial charge in [0.1, 0.15) is 23.1 Å². The molecule has 6 N–H and O–H groups in total. The van der Waals surface area contributed by atoms with Crippen molar-refractivity contribution in [2.75, 3.05) is 36.0 Å². The number of piperidine rings is 2. The summed E-state index contributed by atoms with van der Waals surface area (Å²) in [5.74, 6) is 1.71. The van der Waals surface area contributed by atoms with Crippen molar-refractivity contribution in [1.29, 1.82) is 0 Å². The molecule has 2 aromatic heterocycles. The molecule has 2 aliphatic heterocycles. The van der Waals surface area contributed by atoms with Crippen molar-refractivity contribution in [3.63, 3.8) is 0 Å². The van der Waals surface area contributed by atoms with Crippen LogP contribution in [0.2, 0.25) is 0 Å². The van der Waals surface area contributed by atoms with E-state index >= 15 is 0 Å². The molecule has 85 heavy (non-hydrogen) atoms. The molecule has 0 unspecified atom stereocenters. The third kappa shape index (κ3) is 15.6. The Labute approximate surface area is 501 Å². The number of aliphatic carboxylic acids is 1. The standard InChI is InChI=1S/C32H42N4O5S.C28H38N4O4S.C4H6O2/c1-22-11-14-25(23-7-4-3-5-8-23)26(21-22)41-32(15-16-32)30(38)35-42(39,40)28-10-6-9-27(33-28)36-19-17-31(2,18-20-36)34-29(37)24-12-13-24;1-20-11-12-22(21-7-4-3-5-8-21)23(19-20)36-28(13-14-28)26(33)31-37(34,35)25-10-6-9-24(30-25)32-17-15-27(2,29)16-18-32;5-4(6)3-1-2-3/h6,9-11,14,21,23-24H,3-5,7-8,12-13,15-20H2,1-2H3,(H,34,37)(H,35,38);6,9-12,19,21H,3-5,7-8,13-18,29H2,1-2H3,(H,31,33);3H,1-2H2,(H,5,6). The Morgan fingerprint density at radius 1 is 0.553 bits per heavy atom. The van der Waals surface area contributed by atoms with E-state index in [1.54, 1.807) is 24.3 Å². The maximum Gasteiger partial charge on any atom is 0.306 e. The molecule has 21 heteroatoms. The van der Waals surface area contributed by atoms with E-state index in [-0.39, 0.29) is 38.9 Å². The van der Waals surface area contributed by atoms with E-state index in [0.29, 0.717) is 86.8 Å². The molecule has 8 fully saturated rings. The van der Waals surface area contributed by atoms with E-state index < -0.39 is 49.0 Å². The monoisotopic (exact) mass is 1210 g/mol. The zero-order chi connectivity index (χ0) is 60.4. The van der Waals surface area contributed by atoms with Crippen molar-refractivity contribution in [3.8, 4) is 11.5 Å². The van der Waals surface area contributed by atoms with Gasteiger partial charge in [-0.3, -0.25) is 19.2 Å². The number of ether oxygens (including phenoxy) is 2. The topological polar surface area (TPSA) is 270 Å². The van der Waals surface area contributed by atoms with Gasteiger partial charge in [-0.25, -0.2) is 19.4 Å². The number of nitrogens with zero attached hydrogens (tertiary/aromatic N) is 4. The first kappa shape index (κ1) is 61.8. The number of anilines is 2. The van der Waals surface area contributed by atoms with Gasteiger partial charge in [0.25, 0.3) is 31.9 Å². The summed E-state index contributed by atoms with van der Waals surface area (Å²) >= 11 is 0. The van der Waals surface area contributed by atoms with Crippen LogP contribution >= 0.6 is 0 Å². The van der Waals surface area contributed by atoms with Gasteiger partial charge in [-0.1, -0.05) is 74.9 Å². The molecular weight excluding hydrogens is 1120 g/mol. The number of carboxylic acid groups (broad SMARTS) is 1. The Hall–Kier alpha value is -6.32. The zero-order valence-electron chi connectivity index (χ0n) is 49.8. The van der Waals surface area contributed by atoms with Crippen LogP contribution in [0.3, 0.4) is 0 Å². The van der Waals surface area contributed by atoms with Gasteiger partial charge in [0, 0.05) is 68.9 Å². The summed E-state index contributed by atoms with van der Waals surface area (Å²) in [6, 6.07) is 22.0. The molecule has 6 saturated carbocycles. The molecule has 0 spiro atoms. The highest BCUT2D eigenvalue weighted by Gasteiger charge is 2.56. The van der Waals surface area contributed by atoms with Gasteiger partial charge in [-0.05, 0) is 175 Å². The highest BCUT2D eigenvalue weighted by Crippen LogP contribution is 2.47. The van der Waals surface area contributed by atoms with Gasteiger partial charge < -0.3 is 35.4 Å². The normalized spacial score (nSPS) is 21.5. The first-order chi connectivity index (χ1) is 40.4. The van der Waals surface area contributed by atoms with Gasteiger partial charge >= 0.3 is 5.97 Å². The lowest BCUT2D eigenvalue weighted by Crippen LogP contribution is -2.54. The highest BCUT2D eigenvalue weighted by atomic mass is 32.2. The van der Waals surface area contributed by atoms with Crippen LogP contribution in [0.4, 0.5) is 11.6 Å². The van der Waals surface area contributed by atoms with Gasteiger partial charge in [-0.2, -0.15) is 16.8 Å². The molecule has 4 heterocycles. The Morgan fingerprint density at radius 3 is 1.32 bits per heavy atom. The number of aryl methyl sites for hydroxylation is 2. The number of carbonyl (C=O) groups is 4. The molecule has 2 aromatic carbocycles. The van der Waals surface area contributed by atoms with Crippen LogP contribution in [-0.2, 0) is 39.2 Å². The van der Waals surface area contributed by atoms with E-state index in [2.05, 4.69) is 55.9 Å². The van der Waals surface area contributed by atoms with Crippen LogP contribution in [0, 0.1) is 25.7 Å². The number of sulfonamides is 2. The molecule has 0 bridgehead atoms. The Morgan fingerprint density at radius 2 is 0.953 bits per heavy atom. The summed E-state index contributed by atoms with van der Waals surface area (Å²) in [6.07, 6.45) is 20.3. The minimum atomic E-state index is -4.21. The summed E-state index contributed by atoms with van der Waals surface area (Å²) in [4.78, 5) is 61.6. The summed E-state index contributed by atoms with van der Waals surface area (Å²) in [5.41, 5.74) is 7.70. The summed E-state index contributed by atoms with van der Waals surface area (Å²) in [6.45, 7) is 10.8. The molecular formula is C64H86N8O11S2.